The summed E-state index contributed by atoms with van der Waals surface area (Å²) in [4.78, 5) is 23.6. The van der Waals surface area contributed by atoms with E-state index in [4.69, 9.17) is 9.47 Å². The summed E-state index contributed by atoms with van der Waals surface area (Å²) in [6.45, 7) is 9.87. The maximum Gasteiger partial charge on any atom is 0.407 e. The number of carbonyl (C=O) groups is 2. The first kappa shape index (κ1) is 24.9. The highest BCUT2D eigenvalue weighted by molar-refractivity contribution is 5.89. The molecule has 0 aliphatic carbocycles. The Hall–Kier alpha value is -2.08. The molecule has 6 heteroatoms. The lowest BCUT2D eigenvalue weighted by atomic mass is 9.90. The van der Waals surface area contributed by atoms with Crippen molar-refractivity contribution in [1.29, 1.82) is 0 Å². The largest absolute Gasteiger partial charge is 0.462 e. The fraction of sp³-hybridized carbons (Fsp3) is 0.619. The molecule has 154 valence electrons. The highest BCUT2D eigenvalue weighted by Gasteiger charge is 2.21. The Morgan fingerprint density at radius 3 is 2.44 bits per heavy atom. The van der Waals surface area contributed by atoms with E-state index in [1.54, 1.807) is 31.2 Å². The summed E-state index contributed by atoms with van der Waals surface area (Å²) in [6, 6.07) is 6.85. The summed E-state index contributed by atoms with van der Waals surface area (Å²) in [5, 5.41) is 13.4. The molecule has 0 heterocycles. The second-order valence-electron chi connectivity index (χ2n) is 7.18. The molecule has 0 radical (unpaired) electrons. The van der Waals surface area contributed by atoms with E-state index in [-0.39, 0.29) is 13.3 Å². The van der Waals surface area contributed by atoms with Crippen LogP contribution in [0.4, 0.5) is 4.79 Å². The van der Waals surface area contributed by atoms with Gasteiger partial charge in [-0.3, -0.25) is 0 Å². The van der Waals surface area contributed by atoms with E-state index in [9.17, 15) is 14.7 Å². The average molecular weight is 382 g/mol. The summed E-state index contributed by atoms with van der Waals surface area (Å²) >= 11 is 0. The highest BCUT2D eigenvalue weighted by atomic mass is 16.6. The van der Waals surface area contributed by atoms with Gasteiger partial charge in [-0.2, -0.15) is 0 Å². The van der Waals surface area contributed by atoms with Crippen molar-refractivity contribution in [2.75, 3.05) is 13.2 Å². The fourth-order valence-corrected chi connectivity index (χ4v) is 2.60. The molecule has 6 nitrogen and oxygen atoms in total. The number of aliphatic hydroxyl groups excluding tert-OH is 1. The minimum atomic E-state index is -0.727. The van der Waals surface area contributed by atoms with Crippen LogP contribution in [0.1, 0.15) is 76.9 Å². The smallest absolute Gasteiger partial charge is 0.407 e. The normalized spacial score (nSPS) is 13.1. The number of nitrogens with one attached hydrogen (secondary N) is 1. The number of hydrogen-bond acceptors (Lipinski definition) is 5. The summed E-state index contributed by atoms with van der Waals surface area (Å²) in [7, 11) is 0. The van der Waals surface area contributed by atoms with Crippen LogP contribution in [-0.4, -0.2) is 35.9 Å². The molecule has 1 rings (SSSR count). The minimum absolute atomic E-state index is 0. The van der Waals surface area contributed by atoms with Gasteiger partial charge in [0.05, 0.1) is 18.3 Å². The number of rotatable bonds is 8. The van der Waals surface area contributed by atoms with Gasteiger partial charge in [0.2, 0.25) is 0 Å². The minimum Gasteiger partial charge on any atom is -0.462 e. The summed E-state index contributed by atoms with van der Waals surface area (Å²) in [6.07, 6.45) is 0.141. The molecule has 2 N–H and O–H groups in total. The molecular weight excluding hydrogens is 346 g/mol. The summed E-state index contributed by atoms with van der Waals surface area (Å²) in [5.41, 5.74) is 0.547. The molecule has 1 amide bonds. The zero-order valence-electron chi connectivity index (χ0n) is 16.4. The van der Waals surface area contributed by atoms with Gasteiger partial charge in [-0.1, -0.05) is 32.9 Å². The first-order chi connectivity index (χ1) is 12.2. The van der Waals surface area contributed by atoms with Crippen LogP contribution in [0.25, 0.3) is 0 Å². The van der Waals surface area contributed by atoms with Crippen LogP contribution in [0.15, 0.2) is 24.3 Å². The van der Waals surface area contributed by atoms with Crippen LogP contribution in [-0.2, 0) is 9.47 Å². The Labute approximate surface area is 163 Å². The van der Waals surface area contributed by atoms with E-state index < -0.39 is 23.8 Å². The SMILES string of the molecule is C.CCOC(=O)c1cccc(C(O)C(CC)CCNC(=O)OC(C)(C)C)c1. The first-order valence-electron chi connectivity index (χ1n) is 9.10. The lowest BCUT2D eigenvalue weighted by Crippen LogP contribution is -2.34. The number of aliphatic hydroxyl groups is 1. The van der Waals surface area contributed by atoms with Crippen molar-refractivity contribution >= 4 is 12.1 Å². The van der Waals surface area contributed by atoms with Gasteiger partial charge in [0, 0.05) is 6.54 Å². The summed E-state index contributed by atoms with van der Waals surface area (Å²) < 4.78 is 10.2. The van der Waals surface area contributed by atoms with Crippen LogP contribution in [0.5, 0.6) is 0 Å². The van der Waals surface area contributed by atoms with Crippen LogP contribution < -0.4 is 5.32 Å². The molecular formula is C21H35NO5. The Kier molecular flexibility index (Phi) is 10.7. The van der Waals surface area contributed by atoms with Crippen LogP contribution in [0.3, 0.4) is 0 Å². The zero-order chi connectivity index (χ0) is 19.7. The quantitative estimate of drug-likeness (QED) is 0.649. The van der Waals surface area contributed by atoms with Crippen molar-refractivity contribution < 1.29 is 24.2 Å². The third-order valence-electron chi connectivity index (χ3n) is 3.89. The van der Waals surface area contributed by atoms with Crippen LogP contribution >= 0.6 is 0 Å². The molecule has 0 aliphatic heterocycles. The van der Waals surface area contributed by atoms with Gasteiger partial charge in [0.15, 0.2) is 0 Å². The molecule has 0 bridgehead atoms. The number of alkyl carbamates (subject to hydrolysis) is 1. The lowest BCUT2D eigenvalue weighted by molar-refractivity contribution is 0.0502. The van der Waals surface area contributed by atoms with Crippen molar-refractivity contribution in [3.05, 3.63) is 35.4 Å². The molecule has 27 heavy (non-hydrogen) atoms. The van der Waals surface area contributed by atoms with Crippen LogP contribution in [0.2, 0.25) is 0 Å². The van der Waals surface area contributed by atoms with E-state index in [1.807, 2.05) is 27.7 Å². The number of esters is 1. The van der Waals surface area contributed by atoms with E-state index >= 15 is 0 Å². The molecule has 2 atom stereocenters. The van der Waals surface area contributed by atoms with Crippen molar-refractivity contribution in [3.8, 4) is 0 Å². The second-order valence-corrected chi connectivity index (χ2v) is 7.18. The Morgan fingerprint density at radius 1 is 1.22 bits per heavy atom. The van der Waals surface area contributed by atoms with E-state index in [1.165, 1.54) is 0 Å². The predicted octanol–water partition coefficient (Wildman–Crippen LogP) is 4.47. The molecule has 0 aliphatic rings. The molecule has 0 saturated heterocycles. The maximum absolute atomic E-state index is 11.9. The highest BCUT2D eigenvalue weighted by Crippen LogP contribution is 2.27. The Morgan fingerprint density at radius 2 is 1.89 bits per heavy atom. The number of carbonyl (C=O) groups excluding carboxylic acids is 2. The van der Waals surface area contributed by atoms with E-state index in [0.717, 1.165) is 6.42 Å². The number of amides is 1. The maximum atomic E-state index is 11.9. The number of benzene rings is 1. The van der Waals surface area contributed by atoms with E-state index in [0.29, 0.717) is 30.7 Å². The zero-order valence-corrected chi connectivity index (χ0v) is 16.4. The molecule has 0 saturated carbocycles. The van der Waals surface area contributed by atoms with Crippen molar-refractivity contribution in [3.63, 3.8) is 0 Å². The third kappa shape index (κ3) is 8.91. The molecule has 2 unspecified atom stereocenters. The Bertz CT molecular complexity index is 594. The van der Waals surface area contributed by atoms with Crippen molar-refractivity contribution in [2.24, 2.45) is 5.92 Å². The molecule has 1 aromatic carbocycles. The van der Waals surface area contributed by atoms with Crippen LogP contribution in [0, 0.1) is 5.92 Å². The first-order valence-corrected chi connectivity index (χ1v) is 9.10. The number of hydrogen-bond donors (Lipinski definition) is 2. The van der Waals surface area contributed by atoms with Gasteiger partial charge in [-0.15, -0.1) is 0 Å². The van der Waals surface area contributed by atoms with Gasteiger partial charge in [0.25, 0.3) is 0 Å². The van der Waals surface area contributed by atoms with Crippen molar-refractivity contribution in [1.82, 2.24) is 5.32 Å². The lowest BCUT2D eigenvalue weighted by Gasteiger charge is -2.23. The summed E-state index contributed by atoms with van der Waals surface area (Å²) in [5.74, 6) is -0.455. The number of ether oxygens (including phenoxy) is 2. The van der Waals surface area contributed by atoms with Gasteiger partial charge < -0.3 is 19.9 Å². The molecule has 1 aromatic rings. The molecule has 0 aromatic heterocycles. The molecule has 0 spiro atoms. The average Bonchev–Trinajstić information content (AvgIpc) is 2.57. The standard InChI is InChI=1S/C20H31NO5.CH4/c1-6-14(11-12-21-19(24)26-20(3,4)5)17(22)15-9-8-10-16(13-15)18(23)25-7-2;/h8-10,13-14,17,22H,6-7,11-12H2,1-5H3,(H,21,24);1H4. The molecule has 0 fully saturated rings. The monoisotopic (exact) mass is 381 g/mol. The Balaban J connectivity index is 0.00000676. The van der Waals surface area contributed by atoms with Gasteiger partial charge in [0.1, 0.15) is 5.60 Å². The van der Waals surface area contributed by atoms with Gasteiger partial charge in [-0.25, -0.2) is 9.59 Å². The van der Waals surface area contributed by atoms with E-state index in [2.05, 4.69) is 5.32 Å². The van der Waals surface area contributed by atoms with Gasteiger partial charge in [-0.05, 0) is 57.7 Å². The predicted molar refractivity (Wildman–Crippen MR) is 107 cm³/mol. The fourth-order valence-electron chi connectivity index (χ4n) is 2.60. The van der Waals surface area contributed by atoms with Gasteiger partial charge >= 0.3 is 12.1 Å². The van der Waals surface area contributed by atoms with Crippen molar-refractivity contribution in [2.45, 2.75) is 66.6 Å². The second kappa shape index (κ2) is 11.6. The topological polar surface area (TPSA) is 84.9 Å². The third-order valence-corrected chi connectivity index (χ3v) is 3.89.